The summed E-state index contributed by atoms with van der Waals surface area (Å²) in [5.74, 6) is -0.985. The lowest BCUT2D eigenvalue weighted by Crippen LogP contribution is -2.30. The zero-order valence-corrected chi connectivity index (χ0v) is 35.9. The molecular weight excluding hydrogens is 685 g/mol. The van der Waals surface area contributed by atoms with Gasteiger partial charge in [0.2, 0.25) is 0 Å². The van der Waals surface area contributed by atoms with Crippen molar-refractivity contribution < 1.29 is 28.6 Å². The molecule has 0 aliphatic rings. The molecular formula is C49H84O6. The molecule has 0 N–H and O–H groups in total. The largest absolute Gasteiger partial charge is 0.462 e. The van der Waals surface area contributed by atoms with Crippen LogP contribution in [-0.4, -0.2) is 37.2 Å². The molecule has 1 unspecified atom stereocenters. The first-order chi connectivity index (χ1) is 27.0. The first kappa shape index (κ1) is 52.1. The van der Waals surface area contributed by atoms with Gasteiger partial charge in [0.15, 0.2) is 6.10 Å². The Kier molecular flexibility index (Phi) is 41.5. The van der Waals surface area contributed by atoms with Crippen molar-refractivity contribution in [3.63, 3.8) is 0 Å². The molecule has 0 saturated heterocycles. The van der Waals surface area contributed by atoms with Crippen molar-refractivity contribution >= 4 is 17.9 Å². The van der Waals surface area contributed by atoms with Gasteiger partial charge in [-0.25, -0.2) is 0 Å². The van der Waals surface area contributed by atoms with Crippen molar-refractivity contribution in [3.05, 3.63) is 60.8 Å². The highest BCUT2D eigenvalue weighted by atomic mass is 16.6. The van der Waals surface area contributed by atoms with E-state index < -0.39 is 6.10 Å². The van der Waals surface area contributed by atoms with E-state index in [1.54, 1.807) is 0 Å². The first-order valence-electron chi connectivity index (χ1n) is 22.8. The van der Waals surface area contributed by atoms with E-state index in [1.165, 1.54) is 96.3 Å². The molecule has 0 fully saturated rings. The topological polar surface area (TPSA) is 78.9 Å². The van der Waals surface area contributed by atoms with Gasteiger partial charge in [-0.05, 0) is 51.4 Å². The van der Waals surface area contributed by atoms with Crippen molar-refractivity contribution in [3.8, 4) is 0 Å². The molecule has 0 aliphatic heterocycles. The quantitative estimate of drug-likeness (QED) is 0.0267. The zero-order valence-electron chi connectivity index (χ0n) is 35.9. The van der Waals surface area contributed by atoms with Gasteiger partial charge in [0, 0.05) is 19.3 Å². The standard InChI is InChI=1S/C49H84O6/c1-4-7-10-13-16-19-22-23-24-25-26-28-30-33-36-39-42-48(51)54-45-46(44-53-47(50)41-38-35-32-29-21-18-15-12-9-6-3)55-49(52)43-40-37-34-31-27-20-17-14-11-8-5-2/h7,10,16,19,23-24,26,28,33,36,46H,4-6,8-9,11-15,17-18,20-22,25,27,29-32,34-35,37-45H2,1-3H3/b10-7-,19-16-,24-23-,28-26-,36-33-. The summed E-state index contributed by atoms with van der Waals surface area (Å²) in [6, 6.07) is 0. The minimum Gasteiger partial charge on any atom is -0.462 e. The fourth-order valence-electron chi connectivity index (χ4n) is 6.14. The zero-order chi connectivity index (χ0) is 40.1. The molecule has 55 heavy (non-hydrogen) atoms. The second-order valence-corrected chi connectivity index (χ2v) is 14.9. The van der Waals surface area contributed by atoms with Crippen LogP contribution in [0.25, 0.3) is 0 Å². The Bertz CT molecular complexity index is 1020. The van der Waals surface area contributed by atoms with Crippen molar-refractivity contribution in [1.29, 1.82) is 0 Å². The van der Waals surface area contributed by atoms with Gasteiger partial charge in [-0.15, -0.1) is 0 Å². The molecule has 6 nitrogen and oxygen atoms in total. The number of hydrogen-bond donors (Lipinski definition) is 0. The van der Waals surface area contributed by atoms with E-state index in [9.17, 15) is 14.4 Å². The van der Waals surface area contributed by atoms with Crippen LogP contribution in [0.2, 0.25) is 0 Å². The van der Waals surface area contributed by atoms with E-state index in [0.717, 1.165) is 70.6 Å². The number of hydrogen-bond acceptors (Lipinski definition) is 6. The SMILES string of the molecule is CC/C=C\C/C=C\C/C=C\C/C=C\C/C=C\CCC(=O)OCC(COC(=O)CCCCCCCCCCCC)OC(=O)CCCCCCCCCCCCC. The molecule has 6 heteroatoms. The highest BCUT2D eigenvalue weighted by molar-refractivity contribution is 5.71. The lowest BCUT2D eigenvalue weighted by Gasteiger charge is -2.18. The molecule has 0 spiro atoms. The van der Waals surface area contributed by atoms with Crippen LogP contribution in [0, 0.1) is 0 Å². The molecule has 0 amide bonds. The molecule has 0 aromatic rings. The number of ether oxygens (including phenoxy) is 3. The number of esters is 3. The van der Waals surface area contributed by atoms with Crippen LogP contribution in [0.1, 0.15) is 213 Å². The molecule has 0 bridgehead atoms. The molecule has 0 radical (unpaired) electrons. The minimum atomic E-state index is -0.797. The minimum absolute atomic E-state index is 0.0946. The average Bonchev–Trinajstić information content (AvgIpc) is 3.18. The Morgan fingerprint density at radius 1 is 0.382 bits per heavy atom. The number of rotatable bonds is 40. The Hall–Kier alpha value is -2.89. The van der Waals surface area contributed by atoms with Crippen LogP contribution in [0.5, 0.6) is 0 Å². The Labute approximate surface area is 339 Å². The maximum atomic E-state index is 12.7. The molecule has 0 aromatic heterocycles. The monoisotopic (exact) mass is 769 g/mol. The lowest BCUT2D eigenvalue weighted by atomic mass is 10.1. The number of carbonyl (C=O) groups is 3. The molecule has 0 aromatic carbocycles. The smallest absolute Gasteiger partial charge is 0.306 e. The fourth-order valence-corrected chi connectivity index (χ4v) is 6.14. The lowest BCUT2D eigenvalue weighted by molar-refractivity contribution is -0.166. The van der Waals surface area contributed by atoms with E-state index in [-0.39, 0.29) is 37.5 Å². The summed E-state index contributed by atoms with van der Waals surface area (Å²) in [7, 11) is 0. The highest BCUT2D eigenvalue weighted by Gasteiger charge is 2.19. The van der Waals surface area contributed by atoms with E-state index in [0.29, 0.717) is 19.3 Å². The van der Waals surface area contributed by atoms with Crippen LogP contribution >= 0.6 is 0 Å². The molecule has 316 valence electrons. The van der Waals surface area contributed by atoms with Crippen molar-refractivity contribution in [1.82, 2.24) is 0 Å². The number of allylic oxidation sites excluding steroid dienone is 10. The molecule has 0 saturated carbocycles. The van der Waals surface area contributed by atoms with Gasteiger partial charge >= 0.3 is 17.9 Å². The predicted octanol–water partition coefficient (Wildman–Crippen LogP) is 14.5. The van der Waals surface area contributed by atoms with Gasteiger partial charge in [-0.3, -0.25) is 14.4 Å². The Morgan fingerprint density at radius 2 is 0.709 bits per heavy atom. The highest BCUT2D eigenvalue weighted by Crippen LogP contribution is 2.14. The van der Waals surface area contributed by atoms with Crippen LogP contribution in [0.4, 0.5) is 0 Å². The second kappa shape index (κ2) is 43.8. The summed E-state index contributed by atoms with van der Waals surface area (Å²) in [5, 5.41) is 0. The summed E-state index contributed by atoms with van der Waals surface area (Å²) in [6.07, 6.45) is 52.1. The fraction of sp³-hybridized carbons (Fsp3) is 0.735. The van der Waals surface area contributed by atoms with Gasteiger partial charge in [-0.1, -0.05) is 204 Å². The summed E-state index contributed by atoms with van der Waals surface area (Å²) < 4.78 is 16.6. The number of unbranched alkanes of at least 4 members (excludes halogenated alkanes) is 19. The summed E-state index contributed by atoms with van der Waals surface area (Å²) in [6.45, 7) is 6.42. The van der Waals surface area contributed by atoms with Gasteiger partial charge in [-0.2, -0.15) is 0 Å². The van der Waals surface area contributed by atoms with Crippen molar-refractivity contribution in [2.24, 2.45) is 0 Å². The Balaban J connectivity index is 4.47. The van der Waals surface area contributed by atoms with Crippen molar-refractivity contribution in [2.45, 2.75) is 219 Å². The summed E-state index contributed by atoms with van der Waals surface area (Å²) >= 11 is 0. The van der Waals surface area contributed by atoms with Gasteiger partial charge < -0.3 is 14.2 Å². The van der Waals surface area contributed by atoms with Crippen LogP contribution < -0.4 is 0 Å². The maximum absolute atomic E-state index is 12.7. The van der Waals surface area contributed by atoms with Crippen molar-refractivity contribution in [2.75, 3.05) is 13.2 Å². The van der Waals surface area contributed by atoms with Gasteiger partial charge in [0.1, 0.15) is 13.2 Å². The van der Waals surface area contributed by atoms with Crippen LogP contribution in [0.15, 0.2) is 60.8 Å². The Morgan fingerprint density at radius 3 is 1.11 bits per heavy atom. The van der Waals surface area contributed by atoms with E-state index in [2.05, 4.69) is 69.4 Å². The summed E-state index contributed by atoms with van der Waals surface area (Å²) in [4.78, 5) is 37.6. The van der Waals surface area contributed by atoms with E-state index in [4.69, 9.17) is 14.2 Å². The predicted molar refractivity (Wildman–Crippen MR) is 233 cm³/mol. The molecule has 0 aliphatic carbocycles. The van der Waals surface area contributed by atoms with Crippen LogP contribution in [-0.2, 0) is 28.6 Å². The van der Waals surface area contributed by atoms with Gasteiger partial charge in [0.25, 0.3) is 0 Å². The normalized spacial score (nSPS) is 12.6. The summed E-state index contributed by atoms with van der Waals surface area (Å²) in [5.41, 5.74) is 0. The molecule has 1 atom stereocenters. The third-order valence-electron chi connectivity index (χ3n) is 9.55. The third-order valence-corrected chi connectivity index (χ3v) is 9.55. The van der Waals surface area contributed by atoms with Crippen LogP contribution in [0.3, 0.4) is 0 Å². The maximum Gasteiger partial charge on any atom is 0.306 e. The van der Waals surface area contributed by atoms with E-state index in [1.807, 2.05) is 12.2 Å². The average molecular weight is 769 g/mol. The van der Waals surface area contributed by atoms with E-state index >= 15 is 0 Å². The number of carbonyl (C=O) groups excluding carboxylic acids is 3. The molecule has 0 heterocycles. The molecule has 0 rings (SSSR count). The third kappa shape index (κ3) is 42.1. The second-order valence-electron chi connectivity index (χ2n) is 14.9. The van der Waals surface area contributed by atoms with Gasteiger partial charge in [0.05, 0.1) is 0 Å². The first-order valence-corrected chi connectivity index (χ1v) is 22.8.